The predicted octanol–water partition coefficient (Wildman–Crippen LogP) is 2.46. The van der Waals surface area contributed by atoms with Crippen molar-refractivity contribution in [3.63, 3.8) is 0 Å². The number of benzene rings is 2. The van der Waals surface area contributed by atoms with Gasteiger partial charge >= 0.3 is 11.9 Å². The molecule has 2 aromatic rings. The zero-order valence-corrected chi connectivity index (χ0v) is 14.1. The maximum absolute atomic E-state index is 12.5. The minimum absolute atomic E-state index is 0.301. The molecule has 0 N–H and O–H groups in total. The van der Waals surface area contributed by atoms with Crippen LogP contribution in [0, 0.1) is 0 Å². The summed E-state index contributed by atoms with van der Waals surface area (Å²) in [5, 5.41) is 1.76. The Kier molecular flexibility index (Phi) is 4.69. The molecule has 6 nitrogen and oxygen atoms in total. The van der Waals surface area contributed by atoms with E-state index in [1.807, 2.05) is 12.1 Å². The van der Waals surface area contributed by atoms with E-state index in [2.05, 4.69) is 0 Å². The molecule has 0 saturated carbocycles. The zero-order valence-electron chi connectivity index (χ0n) is 14.1. The summed E-state index contributed by atoms with van der Waals surface area (Å²) in [6, 6.07) is 17.6. The summed E-state index contributed by atoms with van der Waals surface area (Å²) >= 11 is 0. The Morgan fingerprint density at radius 2 is 1.46 bits per heavy atom. The Labute approximate surface area is 151 Å². The van der Waals surface area contributed by atoms with Crippen molar-refractivity contribution in [3.8, 4) is 0 Å². The molecule has 2 aromatic carbocycles. The largest absolute Gasteiger partial charge is 0.453 e. The van der Waals surface area contributed by atoms with Crippen molar-refractivity contribution in [2.75, 3.05) is 13.1 Å². The summed E-state index contributed by atoms with van der Waals surface area (Å²) in [4.78, 5) is 30.6. The monoisotopic (exact) mass is 353 g/mol. The first-order chi connectivity index (χ1) is 12.7. The minimum atomic E-state index is -0.630. The van der Waals surface area contributed by atoms with Gasteiger partial charge in [0.2, 0.25) is 0 Å². The lowest BCUT2D eigenvalue weighted by Crippen LogP contribution is -2.52. The van der Waals surface area contributed by atoms with E-state index in [-0.39, 0.29) is 6.10 Å². The molecular formula is C20H19NO5. The highest BCUT2D eigenvalue weighted by Crippen LogP contribution is 2.29. The fourth-order valence-electron chi connectivity index (χ4n) is 3.27. The van der Waals surface area contributed by atoms with E-state index in [1.54, 1.807) is 53.6 Å². The van der Waals surface area contributed by atoms with Crippen molar-refractivity contribution >= 4 is 11.9 Å². The molecule has 6 heteroatoms. The van der Waals surface area contributed by atoms with Gasteiger partial charge in [-0.3, -0.25) is 4.84 Å². The molecule has 0 aromatic heterocycles. The second kappa shape index (κ2) is 7.27. The molecule has 2 fully saturated rings. The van der Waals surface area contributed by atoms with Gasteiger partial charge in [-0.2, -0.15) is 5.06 Å². The average molecular weight is 353 g/mol. The van der Waals surface area contributed by atoms with Crippen molar-refractivity contribution in [1.29, 1.82) is 0 Å². The highest BCUT2D eigenvalue weighted by Gasteiger charge is 2.46. The van der Waals surface area contributed by atoms with Crippen LogP contribution in [-0.2, 0) is 14.3 Å². The minimum Gasteiger partial charge on any atom is -0.453 e. The van der Waals surface area contributed by atoms with Crippen LogP contribution in [0.4, 0.5) is 0 Å². The molecule has 2 saturated heterocycles. The van der Waals surface area contributed by atoms with Gasteiger partial charge in [-0.1, -0.05) is 36.4 Å². The third kappa shape index (κ3) is 3.47. The van der Waals surface area contributed by atoms with E-state index in [1.165, 1.54) is 0 Å². The van der Waals surface area contributed by atoms with Crippen molar-refractivity contribution < 1.29 is 23.9 Å². The molecule has 4 atom stereocenters. The Morgan fingerprint density at radius 1 is 0.885 bits per heavy atom. The molecule has 0 aliphatic carbocycles. The summed E-state index contributed by atoms with van der Waals surface area (Å²) in [5.41, 5.74) is 0.926. The van der Waals surface area contributed by atoms with Crippen molar-refractivity contribution in [2.24, 2.45) is 0 Å². The van der Waals surface area contributed by atoms with E-state index in [0.717, 1.165) is 13.0 Å². The first-order valence-corrected chi connectivity index (χ1v) is 8.64. The lowest BCUT2D eigenvalue weighted by Gasteiger charge is -2.36. The van der Waals surface area contributed by atoms with E-state index in [9.17, 15) is 9.59 Å². The zero-order chi connectivity index (χ0) is 17.9. The Bertz CT molecular complexity index is 779. The Hall–Kier alpha value is -2.70. The van der Waals surface area contributed by atoms with Crippen molar-refractivity contribution in [1.82, 2.24) is 5.06 Å². The standard InChI is InChI=1S/C20H19NO5/c22-19(14-7-3-1-4-8-14)24-17-13-21-12-11-16(26-21)18(17)25-20(23)15-9-5-2-6-10-15/h1-10,16-18H,11-13H2/t16-,17+,18+/m0/s1. The molecule has 0 spiro atoms. The summed E-state index contributed by atoms with van der Waals surface area (Å²) in [5.74, 6) is -0.876. The number of hydrogen-bond donors (Lipinski definition) is 0. The maximum atomic E-state index is 12.5. The van der Waals surface area contributed by atoms with Crippen LogP contribution in [0.25, 0.3) is 0 Å². The molecule has 2 aliphatic heterocycles. The van der Waals surface area contributed by atoms with Gasteiger partial charge < -0.3 is 9.47 Å². The van der Waals surface area contributed by atoms with E-state index in [4.69, 9.17) is 14.3 Å². The quantitative estimate of drug-likeness (QED) is 0.787. The molecule has 2 heterocycles. The summed E-state index contributed by atoms with van der Waals surface area (Å²) < 4.78 is 11.4. The number of nitrogens with zero attached hydrogens (tertiary/aromatic N) is 1. The van der Waals surface area contributed by atoms with Crippen LogP contribution in [-0.4, -0.2) is 48.4 Å². The van der Waals surface area contributed by atoms with Gasteiger partial charge in [0.25, 0.3) is 0 Å². The number of carbonyl (C=O) groups is 2. The molecular weight excluding hydrogens is 334 g/mol. The third-order valence-corrected chi connectivity index (χ3v) is 4.58. The topological polar surface area (TPSA) is 65.1 Å². The Morgan fingerprint density at radius 3 is 2.08 bits per heavy atom. The first kappa shape index (κ1) is 16.8. The molecule has 0 amide bonds. The van der Waals surface area contributed by atoms with Gasteiger partial charge in [-0.15, -0.1) is 0 Å². The summed E-state index contributed by atoms with van der Waals surface area (Å²) in [7, 11) is 0. The van der Waals surface area contributed by atoms with Gasteiger partial charge in [0.1, 0.15) is 6.10 Å². The highest BCUT2D eigenvalue weighted by atomic mass is 16.7. The van der Waals surface area contributed by atoms with Crippen LogP contribution in [0.5, 0.6) is 0 Å². The van der Waals surface area contributed by atoms with Gasteiger partial charge in [0.05, 0.1) is 17.7 Å². The number of carbonyl (C=O) groups excluding carboxylic acids is 2. The maximum Gasteiger partial charge on any atom is 0.338 e. The van der Waals surface area contributed by atoms with Crippen LogP contribution in [0.15, 0.2) is 60.7 Å². The number of hydrogen-bond acceptors (Lipinski definition) is 6. The SMILES string of the molecule is O=C(O[C@@H]1[C@@H]2CCN(C[C@H]1OC(=O)c1ccccc1)O2)c1ccccc1. The van der Waals surface area contributed by atoms with E-state index >= 15 is 0 Å². The van der Waals surface area contributed by atoms with Crippen molar-refractivity contribution in [2.45, 2.75) is 24.7 Å². The predicted molar refractivity (Wildman–Crippen MR) is 92.4 cm³/mol. The van der Waals surface area contributed by atoms with Crippen molar-refractivity contribution in [3.05, 3.63) is 71.8 Å². The normalized spacial score (nSPS) is 26.9. The number of rotatable bonds is 4. The van der Waals surface area contributed by atoms with Gasteiger partial charge in [0.15, 0.2) is 12.2 Å². The van der Waals surface area contributed by atoms with Crippen LogP contribution < -0.4 is 0 Å². The number of ether oxygens (including phenoxy) is 2. The van der Waals surface area contributed by atoms with Crippen LogP contribution in [0.2, 0.25) is 0 Å². The molecule has 2 bridgehead atoms. The fourth-order valence-corrected chi connectivity index (χ4v) is 3.27. The Balaban J connectivity index is 1.50. The number of esters is 2. The highest BCUT2D eigenvalue weighted by molar-refractivity contribution is 5.90. The average Bonchev–Trinajstić information content (AvgIpc) is 3.09. The molecule has 4 rings (SSSR count). The smallest absolute Gasteiger partial charge is 0.338 e. The fraction of sp³-hybridized carbons (Fsp3) is 0.300. The molecule has 2 aliphatic rings. The van der Waals surface area contributed by atoms with Crippen LogP contribution in [0.3, 0.4) is 0 Å². The van der Waals surface area contributed by atoms with Gasteiger partial charge in [-0.05, 0) is 30.7 Å². The first-order valence-electron chi connectivity index (χ1n) is 8.64. The third-order valence-electron chi connectivity index (χ3n) is 4.58. The summed E-state index contributed by atoms with van der Waals surface area (Å²) in [6.07, 6.45) is -0.776. The van der Waals surface area contributed by atoms with Crippen LogP contribution >= 0.6 is 0 Å². The molecule has 134 valence electrons. The van der Waals surface area contributed by atoms with Crippen LogP contribution in [0.1, 0.15) is 27.1 Å². The number of fused-ring (bicyclic) bond motifs is 2. The second-order valence-electron chi connectivity index (χ2n) is 6.37. The molecule has 0 radical (unpaired) electrons. The lowest BCUT2D eigenvalue weighted by atomic mass is 10.1. The van der Waals surface area contributed by atoms with Gasteiger partial charge in [0, 0.05) is 6.54 Å². The summed E-state index contributed by atoms with van der Waals surface area (Å²) in [6.45, 7) is 1.10. The van der Waals surface area contributed by atoms with E-state index < -0.39 is 24.1 Å². The van der Waals surface area contributed by atoms with E-state index in [0.29, 0.717) is 17.7 Å². The second-order valence-corrected chi connectivity index (χ2v) is 6.37. The van der Waals surface area contributed by atoms with Gasteiger partial charge in [-0.25, -0.2) is 9.59 Å². The number of hydroxylamine groups is 2. The lowest BCUT2D eigenvalue weighted by molar-refractivity contribution is -0.237. The molecule has 26 heavy (non-hydrogen) atoms. The molecule has 1 unspecified atom stereocenters.